The molecule has 0 saturated carbocycles. The minimum absolute atomic E-state index is 0.0435. The van der Waals surface area contributed by atoms with Gasteiger partial charge >= 0.3 is 0 Å². The van der Waals surface area contributed by atoms with Crippen LogP contribution >= 0.6 is 11.6 Å². The Hall–Kier alpha value is -0.610. The molecular weight excluding hydrogens is 272 g/mol. The summed E-state index contributed by atoms with van der Waals surface area (Å²) >= 11 is 5.98. The molecule has 4 heteroatoms. The zero-order valence-electron chi connectivity index (χ0n) is 13.0. The molecule has 3 nitrogen and oxygen atoms in total. The molecule has 20 heavy (non-hydrogen) atoms. The van der Waals surface area contributed by atoms with Crippen LogP contribution in [0.15, 0.2) is 24.3 Å². The molecule has 0 aromatic heterocycles. The summed E-state index contributed by atoms with van der Waals surface area (Å²) < 4.78 is 5.25. The second-order valence-electron chi connectivity index (χ2n) is 5.34. The fourth-order valence-corrected chi connectivity index (χ4v) is 2.65. The molecule has 1 aromatic rings. The van der Waals surface area contributed by atoms with Gasteiger partial charge in [0.1, 0.15) is 0 Å². The zero-order valence-corrected chi connectivity index (χ0v) is 13.7. The van der Waals surface area contributed by atoms with E-state index in [4.69, 9.17) is 22.1 Å². The van der Waals surface area contributed by atoms with Crippen molar-refractivity contribution in [3.8, 4) is 0 Å². The van der Waals surface area contributed by atoms with Gasteiger partial charge in [-0.3, -0.25) is 4.90 Å². The van der Waals surface area contributed by atoms with Crippen LogP contribution in [0.1, 0.15) is 38.8 Å². The summed E-state index contributed by atoms with van der Waals surface area (Å²) in [6.07, 6.45) is 1.08. The van der Waals surface area contributed by atoms with Crippen molar-refractivity contribution < 1.29 is 4.74 Å². The van der Waals surface area contributed by atoms with Crippen molar-refractivity contribution in [2.45, 2.75) is 45.3 Å². The fraction of sp³-hybridized carbons (Fsp3) is 0.625. The van der Waals surface area contributed by atoms with E-state index in [2.05, 4.69) is 37.8 Å². The first-order valence-corrected chi connectivity index (χ1v) is 7.64. The molecule has 0 aliphatic rings. The molecule has 3 unspecified atom stereocenters. The number of hydrogen-bond donors (Lipinski definition) is 1. The standard InChI is InChI=1S/C16H27ClN2O/c1-5-12(2)19(10-11-20-4)16(13(3)18)14-6-8-15(17)9-7-14/h6-9,12-13,16H,5,10-11,18H2,1-4H3. The summed E-state index contributed by atoms with van der Waals surface area (Å²) in [4.78, 5) is 2.43. The highest BCUT2D eigenvalue weighted by Gasteiger charge is 2.26. The van der Waals surface area contributed by atoms with Gasteiger partial charge in [-0.15, -0.1) is 0 Å². The van der Waals surface area contributed by atoms with Crippen molar-refractivity contribution >= 4 is 11.6 Å². The van der Waals surface area contributed by atoms with Crippen molar-refractivity contribution in [1.82, 2.24) is 4.90 Å². The molecule has 0 aliphatic heterocycles. The average Bonchev–Trinajstić information content (AvgIpc) is 2.43. The van der Waals surface area contributed by atoms with E-state index in [1.165, 1.54) is 5.56 Å². The first kappa shape index (κ1) is 17.4. The van der Waals surface area contributed by atoms with Crippen LogP contribution in [0, 0.1) is 0 Å². The van der Waals surface area contributed by atoms with Crippen molar-refractivity contribution in [3.05, 3.63) is 34.9 Å². The van der Waals surface area contributed by atoms with E-state index in [0.29, 0.717) is 12.6 Å². The number of hydrogen-bond acceptors (Lipinski definition) is 3. The Labute approximate surface area is 128 Å². The maximum atomic E-state index is 6.26. The molecule has 0 spiro atoms. The molecule has 0 fully saturated rings. The molecule has 0 radical (unpaired) electrons. The number of nitrogens with two attached hydrogens (primary N) is 1. The maximum absolute atomic E-state index is 6.26. The van der Waals surface area contributed by atoms with Crippen LogP contribution < -0.4 is 5.73 Å². The van der Waals surface area contributed by atoms with Crippen molar-refractivity contribution in [1.29, 1.82) is 0 Å². The Morgan fingerprint density at radius 2 is 1.85 bits per heavy atom. The summed E-state index contributed by atoms with van der Waals surface area (Å²) in [6.45, 7) is 8.08. The Bertz CT molecular complexity index is 381. The molecule has 0 aliphatic carbocycles. The van der Waals surface area contributed by atoms with E-state index >= 15 is 0 Å². The lowest BCUT2D eigenvalue weighted by atomic mass is 9.97. The van der Waals surface area contributed by atoms with Crippen LogP contribution in [0.2, 0.25) is 5.02 Å². The second kappa shape index (κ2) is 8.63. The Balaban J connectivity index is 3.03. The average molecular weight is 299 g/mol. The number of ether oxygens (including phenoxy) is 1. The minimum atomic E-state index is 0.0435. The number of nitrogens with zero attached hydrogens (tertiary/aromatic N) is 1. The van der Waals surface area contributed by atoms with Crippen molar-refractivity contribution in [2.24, 2.45) is 5.73 Å². The molecule has 1 rings (SSSR count). The van der Waals surface area contributed by atoms with E-state index in [1.54, 1.807) is 7.11 Å². The Morgan fingerprint density at radius 3 is 2.30 bits per heavy atom. The van der Waals surface area contributed by atoms with Gasteiger partial charge in [0.15, 0.2) is 0 Å². The normalized spacial score (nSPS) is 16.1. The molecule has 3 atom stereocenters. The molecule has 114 valence electrons. The highest BCUT2D eigenvalue weighted by molar-refractivity contribution is 6.30. The third-order valence-corrected chi connectivity index (χ3v) is 4.03. The van der Waals surface area contributed by atoms with Crippen LogP contribution in [-0.2, 0) is 4.74 Å². The summed E-state index contributed by atoms with van der Waals surface area (Å²) in [5, 5.41) is 0.754. The zero-order chi connectivity index (χ0) is 15.1. The molecule has 0 bridgehead atoms. The van der Waals surface area contributed by atoms with Crippen LogP contribution in [0.5, 0.6) is 0 Å². The maximum Gasteiger partial charge on any atom is 0.0590 e. The van der Waals surface area contributed by atoms with Crippen molar-refractivity contribution in [2.75, 3.05) is 20.3 Å². The molecule has 2 N–H and O–H groups in total. The van der Waals surface area contributed by atoms with Gasteiger partial charge in [0.25, 0.3) is 0 Å². The van der Waals surface area contributed by atoms with Crippen LogP contribution in [-0.4, -0.2) is 37.2 Å². The van der Waals surface area contributed by atoms with E-state index in [0.717, 1.165) is 18.0 Å². The van der Waals surface area contributed by atoms with Gasteiger partial charge in [-0.25, -0.2) is 0 Å². The topological polar surface area (TPSA) is 38.5 Å². The van der Waals surface area contributed by atoms with E-state index in [9.17, 15) is 0 Å². The molecule has 0 saturated heterocycles. The first-order valence-electron chi connectivity index (χ1n) is 7.27. The predicted molar refractivity (Wildman–Crippen MR) is 86.2 cm³/mol. The quantitative estimate of drug-likeness (QED) is 0.798. The van der Waals surface area contributed by atoms with E-state index in [1.807, 2.05) is 12.1 Å². The minimum Gasteiger partial charge on any atom is -0.383 e. The number of rotatable bonds is 8. The van der Waals surface area contributed by atoms with Gasteiger partial charge in [-0.1, -0.05) is 30.7 Å². The Kier molecular flexibility index (Phi) is 7.52. The van der Waals surface area contributed by atoms with Crippen LogP contribution in [0.4, 0.5) is 0 Å². The number of benzene rings is 1. The summed E-state index contributed by atoms with van der Waals surface area (Å²) in [6, 6.07) is 8.67. The van der Waals surface area contributed by atoms with Gasteiger partial charge < -0.3 is 10.5 Å². The molecule has 1 aromatic carbocycles. The molecule has 0 amide bonds. The molecule has 0 heterocycles. The highest BCUT2D eigenvalue weighted by atomic mass is 35.5. The lowest BCUT2D eigenvalue weighted by Crippen LogP contribution is -2.45. The summed E-state index contributed by atoms with van der Waals surface area (Å²) in [7, 11) is 1.73. The summed E-state index contributed by atoms with van der Waals surface area (Å²) in [5.41, 5.74) is 7.47. The van der Waals surface area contributed by atoms with Gasteiger partial charge in [0.05, 0.1) is 6.61 Å². The van der Waals surface area contributed by atoms with Crippen molar-refractivity contribution in [3.63, 3.8) is 0 Å². The molecular formula is C16H27ClN2O. The predicted octanol–water partition coefficient (Wildman–Crippen LogP) is 3.48. The SMILES string of the molecule is CCC(C)N(CCOC)C(c1ccc(Cl)cc1)C(C)N. The fourth-order valence-electron chi connectivity index (χ4n) is 2.52. The monoisotopic (exact) mass is 298 g/mol. The van der Waals surface area contributed by atoms with Gasteiger partial charge in [0, 0.05) is 36.8 Å². The lowest BCUT2D eigenvalue weighted by Gasteiger charge is -2.38. The third-order valence-electron chi connectivity index (χ3n) is 3.78. The van der Waals surface area contributed by atoms with E-state index < -0.39 is 0 Å². The smallest absolute Gasteiger partial charge is 0.0590 e. The van der Waals surface area contributed by atoms with Crippen LogP contribution in [0.3, 0.4) is 0 Å². The van der Waals surface area contributed by atoms with E-state index in [-0.39, 0.29) is 12.1 Å². The van der Waals surface area contributed by atoms with Gasteiger partial charge in [-0.05, 0) is 38.0 Å². The Morgan fingerprint density at radius 1 is 1.25 bits per heavy atom. The largest absolute Gasteiger partial charge is 0.383 e. The lowest BCUT2D eigenvalue weighted by molar-refractivity contribution is 0.0786. The number of methoxy groups -OCH3 is 1. The highest BCUT2D eigenvalue weighted by Crippen LogP contribution is 2.27. The first-order chi connectivity index (χ1) is 9.51. The van der Waals surface area contributed by atoms with Gasteiger partial charge in [-0.2, -0.15) is 0 Å². The number of halogens is 1. The van der Waals surface area contributed by atoms with Gasteiger partial charge in [0.2, 0.25) is 0 Å². The third kappa shape index (κ3) is 4.74. The summed E-state index contributed by atoms with van der Waals surface area (Å²) in [5.74, 6) is 0. The second-order valence-corrected chi connectivity index (χ2v) is 5.78. The van der Waals surface area contributed by atoms with Crippen LogP contribution in [0.25, 0.3) is 0 Å².